The number of amides is 1. The van der Waals surface area contributed by atoms with E-state index in [4.69, 9.17) is 18.0 Å². The third kappa shape index (κ3) is 3.54. The Labute approximate surface area is 122 Å². The number of rotatable bonds is 3. The molecular formula is C16H24ClNO. The van der Waals surface area contributed by atoms with Crippen molar-refractivity contribution in [2.45, 2.75) is 47.5 Å². The number of terminal acetylenes is 1. The van der Waals surface area contributed by atoms with Crippen molar-refractivity contribution in [2.75, 3.05) is 12.4 Å². The van der Waals surface area contributed by atoms with Crippen molar-refractivity contribution in [1.29, 1.82) is 0 Å². The predicted octanol–water partition coefficient (Wildman–Crippen LogP) is 3.81. The van der Waals surface area contributed by atoms with Crippen molar-refractivity contribution in [3.8, 4) is 12.3 Å². The summed E-state index contributed by atoms with van der Waals surface area (Å²) in [6, 6.07) is 0. The highest BCUT2D eigenvalue weighted by Gasteiger charge is 2.39. The topological polar surface area (TPSA) is 20.3 Å². The molecule has 0 radical (unpaired) electrons. The van der Waals surface area contributed by atoms with Gasteiger partial charge in [0.25, 0.3) is 0 Å². The molecule has 1 amide bonds. The molecule has 0 N–H and O–H groups in total. The minimum Gasteiger partial charge on any atom is -0.304 e. The second kappa shape index (κ2) is 5.59. The van der Waals surface area contributed by atoms with E-state index in [1.807, 2.05) is 0 Å². The number of carbonyl (C=O) groups is 1. The molecule has 0 saturated heterocycles. The summed E-state index contributed by atoms with van der Waals surface area (Å²) in [5.41, 5.74) is 2.55. The zero-order valence-corrected chi connectivity index (χ0v) is 13.4. The second-order valence-electron chi connectivity index (χ2n) is 6.79. The van der Waals surface area contributed by atoms with Crippen LogP contribution in [0.5, 0.6) is 0 Å². The molecule has 3 heteroatoms. The molecule has 0 bridgehead atoms. The molecule has 0 spiro atoms. The van der Waals surface area contributed by atoms with Gasteiger partial charge in [-0.25, -0.2) is 0 Å². The molecule has 0 atom stereocenters. The van der Waals surface area contributed by atoms with Gasteiger partial charge in [0.15, 0.2) is 0 Å². The summed E-state index contributed by atoms with van der Waals surface area (Å²) in [6.45, 7) is 11.3. The monoisotopic (exact) mass is 281 g/mol. The van der Waals surface area contributed by atoms with E-state index in [0.717, 1.165) is 18.5 Å². The molecule has 0 unspecified atom stereocenters. The average Bonchev–Trinajstić information content (AvgIpc) is 2.29. The van der Waals surface area contributed by atoms with Gasteiger partial charge in [-0.2, -0.15) is 0 Å². The number of hydrogen-bond acceptors (Lipinski definition) is 1. The van der Waals surface area contributed by atoms with Crippen LogP contribution < -0.4 is 0 Å². The summed E-state index contributed by atoms with van der Waals surface area (Å²) in [7, 11) is 0. The van der Waals surface area contributed by atoms with Crippen LogP contribution in [0.1, 0.15) is 47.5 Å². The summed E-state index contributed by atoms with van der Waals surface area (Å²) < 4.78 is 0. The largest absolute Gasteiger partial charge is 0.304 e. The van der Waals surface area contributed by atoms with Crippen LogP contribution in [0.4, 0.5) is 0 Å². The van der Waals surface area contributed by atoms with Crippen LogP contribution in [-0.4, -0.2) is 23.2 Å². The molecule has 106 valence electrons. The molecule has 0 aromatic heterocycles. The average molecular weight is 282 g/mol. The number of halogens is 1. The highest BCUT2D eigenvalue weighted by molar-refractivity contribution is 6.27. The van der Waals surface area contributed by atoms with E-state index in [-0.39, 0.29) is 22.6 Å². The van der Waals surface area contributed by atoms with E-state index >= 15 is 0 Å². The predicted molar refractivity (Wildman–Crippen MR) is 80.8 cm³/mol. The van der Waals surface area contributed by atoms with Crippen molar-refractivity contribution in [3.63, 3.8) is 0 Å². The van der Waals surface area contributed by atoms with Gasteiger partial charge in [-0.15, -0.1) is 18.0 Å². The molecule has 0 fully saturated rings. The molecule has 1 aliphatic rings. The Kier molecular flexibility index (Phi) is 4.74. The summed E-state index contributed by atoms with van der Waals surface area (Å²) in [5.74, 6) is 2.43. The quantitative estimate of drug-likeness (QED) is 0.569. The second-order valence-corrected chi connectivity index (χ2v) is 7.06. The Morgan fingerprint density at radius 1 is 1.42 bits per heavy atom. The number of hydrogen-bond donors (Lipinski definition) is 0. The fourth-order valence-electron chi connectivity index (χ4n) is 3.16. The number of nitrogens with zero attached hydrogens (tertiary/aromatic N) is 1. The van der Waals surface area contributed by atoms with E-state index in [0.29, 0.717) is 6.54 Å². The maximum atomic E-state index is 12.0. The summed E-state index contributed by atoms with van der Waals surface area (Å²) in [4.78, 5) is 13.7. The number of carbonyl (C=O) groups excluding carboxylic acids is 1. The van der Waals surface area contributed by atoms with Crippen molar-refractivity contribution < 1.29 is 4.79 Å². The first-order valence-electron chi connectivity index (χ1n) is 6.64. The molecule has 1 rings (SSSR count). The highest BCUT2D eigenvalue weighted by atomic mass is 35.5. The van der Waals surface area contributed by atoms with Crippen LogP contribution in [0.3, 0.4) is 0 Å². The molecule has 0 saturated carbocycles. The van der Waals surface area contributed by atoms with Gasteiger partial charge in [0.1, 0.15) is 5.88 Å². The Bertz CT molecular complexity index is 440. The van der Waals surface area contributed by atoms with Crippen LogP contribution in [0.25, 0.3) is 0 Å². The lowest BCUT2D eigenvalue weighted by Crippen LogP contribution is -2.40. The molecule has 1 aliphatic carbocycles. The summed E-state index contributed by atoms with van der Waals surface area (Å²) in [5, 5.41) is 0. The SMILES string of the molecule is C#CCN(C(=O)CCl)C1=C(C)C(C)(C)CC(C)(C)C1. The lowest BCUT2D eigenvalue weighted by Gasteiger charge is -2.45. The molecule has 19 heavy (non-hydrogen) atoms. The van der Waals surface area contributed by atoms with E-state index in [9.17, 15) is 4.79 Å². The third-order valence-corrected chi connectivity index (χ3v) is 4.23. The lowest BCUT2D eigenvalue weighted by atomic mass is 9.64. The maximum absolute atomic E-state index is 12.0. The van der Waals surface area contributed by atoms with E-state index in [1.165, 1.54) is 5.57 Å². The Hall–Kier alpha value is -0.940. The Morgan fingerprint density at radius 2 is 2.00 bits per heavy atom. The normalized spacial score (nSPS) is 20.9. The highest BCUT2D eigenvalue weighted by Crippen LogP contribution is 2.49. The first-order valence-corrected chi connectivity index (χ1v) is 7.18. The van der Waals surface area contributed by atoms with Gasteiger partial charge in [0.2, 0.25) is 5.91 Å². The van der Waals surface area contributed by atoms with Crippen molar-refractivity contribution in [1.82, 2.24) is 4.90 Å². The van der Waals surface area contributed by atoms with E-state index in [1.54, 1.807) is 4.90 Å². The fraction of sp³-hybridized carbons (Fsp3) is 0.688. The number of allylic oxidation sites excluding steroid dienone is 2. The van der Waals surface area contributed by atoms with Gasteiger partial charge in [-0.3, -0.25) is 4.79 Å². The fourth-order valence-corrected chi connectivity index (χ4v) is 3.31. The zero-order chi connectivity index (χ0) is 14.8. The molecule has 2 nitrogen and oxygen atoms in total. The van der Waals surface area contributed by atoms with Crippen LogP contribution in [0.15, 0.2) is 11.3 Å². The summed E-state index contributed by atoms with van der Waals surface area (Å²) in [6.07, 6.45) is 7.37. The van der Waals surface area contributed by atoms with Gasteiger partial charge >= 0.3 is 0 Å². The van der Waals surface area contributed by atoms with Crippen molar-refractivity contribution in [3.05, 3.63) is 11.3 Å². The zero-order valence-electron chi connectivity index (χ0n) is 12.6. The minimum absolute atomic E-state index is 0.0285. The van der Waals surface area contributed by atoms with Crippen LogP contribution >= 0.6 is 11.6 Å². The number of alkyl halides is 1. The molecule has 0 heterocycles. The van der Waals surface area contributed by atoms with Gasteiger partial charge in [0.05, 0.1) is 6.54 Å². The lowest BCUT2D eigenvalue weighted by molar-refractivity contribution is -0.126. The van der Waals surface area contributed by atoms with Crippen molar-refractivity contribution in [2.24, 2.45) is 10.8 Å². The van der Waals surface area contributed by atoms with E-state index < -0.39 is 0 Å². The van der Waals surface area contributed by atoms with Crippen molar-refractivity contribution >= 4 is 17.5 Å². The van der Waals surface area contributed by atoms with Gasteiger partial charge in [-0.05, 0) is 36.2 Å². The Morgan fingerprint density at radius 3 is 2.47 bits per heavy atom. The standard InChI is InChI=1S/C16H24ClNO/c1-7-8-18(14(19)10-17)13-9-15(3,4)11-16(5,6)12(13)2/h1H,8-11H2,2-6H3. The smallest absolute Gasteiger partial charge is 0.242 e. The van der Waals surface area contributed by atoms with E-state index in [2.05, 4.69) is 40.5 Å². The molecule has 0 aromatic rings. The van der Waals surface area contributed by atoms with Crippen LogP contribution in [0, 0.1) is 23.2 Å². The third-order valence-electron chi connectivity index (χ3n) is 4.01. The molecule has 0 aliphatic heterocycles. The minimum atomic E-state index is -0.109. The molecular weight excluding hydrogens is 258 g/mol. The van der Waals surface area contributed by atoms with Gasteiger partial charge < -0.3 is 4.90 Å². The first kappa shape index (κ1) is 16.1. The van der Waals surface area contributed by atoms with Crippen LogP contribution in [0.2, 0.25) is 0 Å². The Balaban J connectivity index is 3.26. The van der Waals surface area contributed by atoms with Crippen LogP contribution in [-0.2, 0) is 4.79 Å². The summed E-state index contributed by atoms with van der Waals surface area (Å²) >= 11 is 5.71. The maximum Gasteiger partial charge on any atom is 0.242 e. The van der Waals surface area contributed by atoms with Gasteiger partial charge in [0, 0.05) is 5.70 Å². The van der Waals surface area contributed by atoms with Gasteiger partial charge in [-0.1, -0.05) is 33.6 Å². The molecule has 0 aromatic carbocycles. The first-order chi connectivity index (χ1) is 8.64.